The van der Waals surface area contributed by atoms with Crippen molar-refractivity contribution in [3.63, 3.8) is 0 Å². The molecule has 0 spiro atoms. The van der Waals surface area contributed by atoms with Gasteiger partial charge in [-0.25, -0.2) is 9.97 Å². The van der Waals surface area contributed by atoms with E-state index in [1.807, 2.05) is 36.7 Å². The molecular formula is C14H15N3O. The third-order valence-corrected chi connectivity index (χ3v) is 3.36. The summed E-state index contributed by atoms with van der Waals surface area (Å²) in [6, 6.07) is 7.71. The van der Waals surface area contributed by atoms with Gasteiger partial charge in [0.15, 0.2) is 0 Å². The average molecular weight is 241 g/mol. The van der Waals surface area contributed by atoms with Gasteiger partial charge < -0.3 is 10.8 Å². The molecule has 1 heterocycles. The third kappa shape index (κ3) is 2.00. The Morgan fingerprint density at radius 2 is 1.67 bits per heavy atom. The van der Waals surface area contributed by atoms with Crippen LogP contribution in [0.4, 0.5) is 0 Å². The van der Waals surface area contributed by atoms with Crippen molar-refractivity contribution >= 4 is 0 Å². The van der Waals surface area contributed by atoms with Crippen LogP contribution in [-0.2, 0) is 12.1 Å². The Morgan fingerprint density at radius 3 is 2.17 bits per heavy atom. The fourth-order valence-corrected chi connectivity index (χ4v) is 1.90. The molecule has 4 nitrogen and oxygen atoms in total. The van der Waals surface area contributed by atoms with E-state index in [0.29, 0.717) is 0 Å². The standard InChI is InChI=1S/C14H15N3O/c15-14(5-6-14)13-16-7-12(8-17-13)11-3-1-10(9-18)2-4-11/h1-4,7-8,18H,5-6,9,15H2. The molecule has 1 fully saturated rings. The third-order valence-electron chi connectivity index (χ3n) is 3.36. The molecule has 1 aromatic carbocycles. The average Bonchev–Trinajstić information content (AvgIpc) is 3.18. The molecule has 18 heavy (non-hydrogen) atoms. The number of hydrogen-bond acceptors (Lipinski definition) is 4. The quantitative estimate of drug-likeness (QED) is 0.855. The fourth-order valence-electron chi connectivity index (χ4n) is 1.90. The van der Waals surface area contributed by atoms with Crippen LogP contribution < -0.4 is 5.73 Å². The molecule has 0 bridgehead atoms. The summed E-state index contributed by atoms with van der Waals surface area (Å²) in [6.45, 7) is 0.0609. The molecule has 92 valence electrons. The Kier molecular flexibility index (Phi) is 2.61. The highest BCUT2D eigenvalue weighted by Crippen LogP contribution is 2.40. The maximum Gasteiger partial charge on any atom is 0.148 e. The molecule has 1 saturated carbocycles. The highest BCUT2D eigenvalue weighted by atomic mass is 16.3. The summed E-state index contributed by atoms with van der Waals surface area (Å²) in [5.41, 5.74) is 8.67. The molecule has 0 unspecified atom stereocenters. The van der Waals surface area contributed by atoms with Crippen LogP contribution in [0.25, 0.3) is 11.1 Å². The van der Waals surface area contributed by atoms with Crippen LogP contribution in [0.1, 0.15) is 24.2 Å². The molecule has 0 atom stereocenters. The lowest BCUT2D eigenvalue weighted by molar-refractivity contribution is 0.282. The maximum absolute atomic E-state index is 8.99. The zero-order valence-corrected chi connectivity index (χ0v) is 10.0. The second-order valence-electron chi connectivity index (χ2n) is 4.81. The van der Waals surface area contributed by atoms with Gasteiger partial charge in [0.25, 0.3) is 0 Å². The van der Waals surface area contributed by atoms with Gasteiger partial charge in [0.1, 0.15) is 5.82 Å². The number of nitrogens with two attached hydrogens (primary N) is 1. The van der Waals surface area contributed by atoms with Crippen molar-refractivity contribution in [2.75, 3.05) is 0 Å². The van der Waals surface area contributed by atoms with Crippen molar-refractivity contribution < 1.29 is 5.11 Å². The number of nitrogens with zero attached hydrogens (tertiary/aromatic N) is 2. The molecule has 0 amide bonds. The maximum atomic E-state index is 8.99. The number of rotatable bonds is 3. The molecule has 2 aromatic rings. The second-order valence-corrected chi connectivity index (χ2v) is 4.81. The molecule has 0 radical (unpaired) electrons. The van der Waals surface area contributed by atoms with Crippen LogP contribution in [0.5, 0.6) is 0 Å². The summed E-state index contributed by atoms with van der Waals surface area (Å²) < 4.78 is 0. The lowest BCUT2D eigenvalue weighted by atomic mass is 10.1. The Balaban J connectivity index is 1.87. The first kappa shape index (κ1) is 11.3. The first-order valence-corrected chi connectivity index (χ1v) is 6.03. The monoisotopic (exact) mass is 241 g/mol. The van der Waals surface area contributed by atoms with Gasteiger partial charge >= 0.3 is 0 Å². The zero-order valence-electron chi connectivity index (χ0n) is 10.0. The van der Waals surface area contributed by atoms with E-state index < -0.39 is 0 Å². The van der Waals surface area contributed by atoms with E-state index in [9.17, 15) is 0 Å². The van der Waals surface area contributed by atoms with Gasteiger partial charge in [0.05, 0.1) is 12.1 Å². The van der Waals surface area contributed by atoms with Crippen molar-refractivity contribution in [1.82, 2.24) is 9.97 Å². The topological polar surface area (TPSA) is 72.0 Å². The van der Waals surface area contributed by atoms with Gasteiger partial charge in [0.2, 0.25) is 0 Å². The molecule has 1 aliphatic rings. The van der Waals surface area contributed by atoms with Gasteiger partial charge in [0, 0.05) is 18.0 Å². The highest BCUT2D eigenvalue weighted by Gasteiger charge is 2.42. The first-order valence-electron chi connectivity index (χ1n) is 6.03. The molecular weight excluding hydrogens is 226 g/mol. The predicted molar refractivity (Wildman–Crippen MR) is 68.5 cm³/mol. The smallest absolute Gasteiger partial charge is 0.148 e. The summed E-state index contributed by atoms with van der Waals surface area (Å²) in [5, 5.41) is 8.99. The minimum absolute atomic E-state index is 0.0609. The van der Waals surface area contributed by atoms with Crippen LogP contribution in [0, 0.1) is 0 Å². The lowest BCUT2D eigenvalue weighted by Crippen LogP contribution is -2.21. The Bertz CT molecular complexity index is 544. The fraction of sp³-hybridized carbons (Fsp3) is 0.286. The summed E-state index contributed by atoms with van der Waals surface area (Å²) in [4.78, 5) is 8.69. The van der Waals surface area contributed by atoms with E-state index in [2.05, 4.69) is 9.97 Å². The Hall–Kier alpha value is -1.78. The summed E-state index contributed by atoms with van der Waals surface area (Å²) in [5.74, 6) is 0.734. The highest BCUT2D eigenvalue weighted by molar-refractivity contribution is 5.61. The van der Waals surface area contributed by atoms with Crippen LogP contribution in [0.3, 0.4) is 0 Å². The van der Waals surface area contributed by atoms with E-state index in [0.717, 1.165) is 35.4 Å². The largest absolute Gasteiger partial charge is 0.392 e. The summed E-state index contributed by atoms with van der Waals surface area (Å²) in [7, 11) is 0. The van der Waals surface area contributed by atoms with Gasteiger partial charge in [-0.1, -0.05) is 24.3 Å². The first-order chi connectivity index (χ1) is 8.71. The minimum Gasteiger partial charge on any atom is -0.392 e. The van der Waals surface area contributed by atoms with Crippen LogP contribution >= 0.6 is 0 Å². The Morgan fingerprint density at radius 1 is 1.06 bits per heavy atom. The second kappa shape index (κ2) is 4.15. The molecule has 3 N–H and O–H groups in total. The number of hydrogen-bond donors (Lipinski definition) is 2. The van der Waals surface area contributed by atoms with E-state index in [-0.39, 0.29) is 12.1 Å². The van der Waals surface area contributed by atoms with Crippen molar-refractivity contribution in [3.8, 4) is 11.1 Å². The molecule has 0 aliphatic heterocycles. The van der Waals surface area contributed by atoms with Crippen LogP contribution in [-0.4, -0.2) is 15.1 Å². The van der Waals surface area contributed by atoms with E-state index >= 15 is 0 Å². The number of aliphatic hydroxyl groups excluding tert-OH is 1. The van der Waals surface area contributed by atoms with E-state index in [1.54, 1.807) is 0 Å². The van der Waals surface area contributed by atoms with Crippen molar-refractivity contribution in [3.05, 3.63) is 48.0 Å². The zero-order chi connectivity index (χ0) is 12.6. The number of aromatic nitrogens is 2. The van der Waals surface area contributed by atoms with E-state index in [4.69, 9.17) is 10.8 Å². The van der Waals surface area contributed by atoms with Crippen LogP contribution in [0.2, 0.25) is 0 Å². The summed E-state index contributed by atoms with van der Waals surface area (Å²) >= 11 is 0. The van der Waals surface area contributed by atoms with Gasteiger partial charge in [-0.3, -0.25) is 0 Å². The number of aliphatic hydroxyl groups is 1. The Labute approximate surface area is 106 Å². The molecule has 4 heteroatoms. The molecule has 3 rings (SSSR count). The normalized spacial score (nSPS) is 16.6. The molecule has 1 aliphatic carbocycles. The van der Waals surface area contributed by atoms with Gasteiger partial charge in [-0.15, -0.1) is 0 Å². The SMILES string of the molecule is NC1(c2ncc(-c3ccc(CO)cc3)cn2)CC1. The van der Waals surface area contributed by atoms with Crippen LogP contribution in [0.15, 0.2) is 36.7 Å². The van der Waals surface area contributed by atoms with Crippen molar-refractivity contribution in [2.45, 2.75) is 25.0 Å². The molecule has 0 saturated heterocycles. The van der Waals surface area contributed by atoms with E-state index in [1.165, 1.54) is 0 Å². The molecule has 1 aromatic heterocycles. The van der Waals surface area contributed by atoms with Gasteiger partial charge in [-0.05, 0) is 24.0 Å². The van der Waals surface area contributed by atoms with Gasteiger partial charge in [-0.2, -0.15) is 0 Å². The predicted octanol–water partition coefficient (Wildman–Crippen LogP) is 1.58. The van der Waals surface area contributed by atoms with Crippen molar-refractivity contribution in [2.24, 2.45) is 5.73 Å². The lowest BCUT2D eigenvalue weighted by Gasteiger charge is -2.07. The number of benzene rings is 1. The minimum atomic E-state index is -0.278. The van der Waals surface area contributed by atoms with Crippen molar-refractivity contribution in [1.29, 1.82) is 0 Å². The summed E-state index contributed by atoms with van der Waals surface area (Å²) in [6.07, 6.45) is 5.56.